The Morgan fingerprint density at radius 1 is 0.872 bits per heavy atom. The lowest BCUT2D eigenvalue weighted by atomic mass is 10.0. The van der Waals surface area contributed by atoms with Gasteiger partial charge >= 0.3 is 5.97 Å². The van der Waals surface area contributed by atoms with Crippen molar-refractivity contribution in [1.82, 2.24) is 20.9 Å². The first-order chi connectivity index (χ1) is 18.8. The maximum atomic E-state index is 13.2. The van der Waals surface area contributed by atoms with Gasteiger partial charge in [0.05, 0.1) is 12.6 Å². The van der Waals surface area contributed by atoms with Crippen LogP contribution in [0.25, 0.3) is 10.9 Å². The summed E-state index contributed by atoms with van der Waals surface area (Å²) in [7, 11) is 0. The number of amides is 3. The van der Waals surface area contributed by atoms with Gasteiger partial charge in [-0.15, -0.1) is 0 Å². The number of aliphatic carboxylic acids is 1. The zero-order chi connectivity index (χ0) is 28.2. The predicted molar refractivity (Wildman–Crippen MR) is 148 cm³/mol. The molecule has 1 heterocycles. The standard InChI is InChI=1S/C28H36N6O5/c29-13-7-6-12-23(28(38)39)33-25(35)17-32-27(37)24(15-19-16-31-22-11-5-4-10-20(19)22)34-26(36)21(30)14-18-8-2-1-3-9-18/h1-5,8-11,16,21,23-24,31H,6-7,12-15,17,29-30H2,(H,32,37)(H,33,35)(H,34,36)(H,38,39)/t21-,23-,24-/m0/s1. The Labute approximate surface area is 226 Å². The molecule has 3 rings (SSSR count). The number of carboxylic acid groups (broad SMARTS) is 1. The number of nitrogens with one attached hydrogen (secondary N) is 4. The first kappa shape index (κ1) is 29.3. The minimum absolute atomic E-state index is 0.151. The third-order valence-electron chi connectivity index (χ3n) is 6.37. The van der Waals surface area contributed by atoms with Gasteiger partial charge in [-0.05, 0) is 49.4 Å². The monoisotopic (exact) mass is 536 g/mol. The molecular weight excluding hydrogens is 500 g/mol. The average molecular weight is 537 g/mol. The maximum Gasteiger partial charge on any atom is 0.326 e. The lowest BCUT2D eigenvalue weighted by Gasteiger charge is -2.21. The third kappa shape index (κ3) is 8.94. The van der Waals surface area contributed by atoms with Crippen molar-refractivity contribution < 1.29 is 24.3 Å². The van der Waals surface area contributed by atoms with Crippen LogP contribution in [0.5, 0.6) is 0 Å². The van der Waals surface area contributed by atoms with Crippen LogP contribution in [0.4, 0.5) is 0 Å². The van der Waals surface area contributed by atoms with E-state index in [2.05, 4.69) is 20.9 Å². The van der Waals surface area contributed by atoms with Gasteiger partial charge in [0, 0.05) is 23.5 Å². The van der Waals surface area contributed by atoms with E-state index in [9.17, 15) is 24.3 Å². The van der Waals surface area contributed by atoms with Crippen LogP contribution >= 0.6 is 0 Å². The number of nitrogens with two attached hydrogens (primary N) is 2. The van der Waals surface area contributed by atoms with Crippen molar-refractivity contribution in [2.24, 2.45) is 11.5 Å². The minimum atomic E-state index is -1.16. The number of carbonyl (C=O) groups excluding carboxylic acids is 3. The smallest absolute Gasteiger partial charge is 0.326 e. The van der Waals surface area contributed by atoms with E-state index in [0.717, 1.165) is 22.0 Å². The summed E-state index contributed by atoms with van der Waals surface area (Å²) >= 11 is 0. The summed E-state index contributed by atoms with van der Waals surface area (Å²) in [6, 6.07) is 13.9. The molecule has 0 fully saturated rings. The second-order valence-electron chi connectivity index (χ2n) is 9.38. The molecule has 1 aromatic heterocycles. The number of rotatable bonds is 15. The third-order valence-corrected chi connectivity index (χ3v) is 6.37. The molecule has 3 amide bonds. The predicted octanol–water partition coefficient (Wildman–Crippen LogP) is 0.580. The zero-order valence-corrected chi connectivity index (χ0v) is 21.7. The summed E-state index contributed by atoms with van der Waals surface area (Å²) in [4.78, 5) is 53.2. The molecule has 0 saturated carbocycles. The first-order valence-corrected chi connectivity index (χ1v) is 12.9. The molecule has 39 heavy (non-hydrogen) atoms. The fourth-order valence-corrected chi connectivity index (χ4v) is 4.26. The molecule has 0 aliphatic heterocycles. The van der Waals surface area contributed by atoms with Gasteiger partial charge in [0.15, 0.2) is 0 Å². The van der Waals surface area contributed by atoms with Crippen molar-refractivity contribution in [3.63, 3.8) is 0 Å². The lowest BCUT2D eigenvalue weighted by molar-refractivity contribution is -0.142. The number of H-pyrrole nitrogens is 1. The van der Waals surface area contributed by atoms with Crippen LogP contribution < -0.4 is 27.4 Å². The van der Waals surface area contributed by atoms with E-state index < -0.39 is 48.4 Å². The molecule has 0 aliphatic carbocycles. The van der Waals surface area contributed by atoms with Crippen LogP contribution in [-0.4, -0.2) is 65.0 Å². The highest BCUT2D eigenvalue weighted by atomic mass is 16.4. The summed E-state index contributed by atoms with van der Waals surface area (Å²) in [5.74, 6) is -2.91. The number of benzene rings is 2. The SMILES string of the molecule is NCCCC[C@H](NC(=O)CNC(=O)[C@H](Cc1c[nH]c2ccccc12)NC(=O)[C@@H](N)Cc1ccccc1)C(=O)O. The van der Waals surface area contributed by atoms with Gasteiger partial charge in [-0.3, -0.25) is 14.4 Å². The maximum absolute atomic E-state index is 13.2. The Morgan fingerprint density at radius 3 is 2.31 bits per heavy atom. The van der Waals surface area contributed by atoms with E-state index in [1.54, 1.807) is 6.20 Å². The minimum Gasteiger partial charge on any atom is -0.480 e. The zero-order valence-electron chi connectivity index (χ0n) is 21.7. The van der Waals surface area contributed by atoms with Crippen molar-refractivity contribution in [3.05, 3.63) is 71.9 Å². The number of para-hydroxylation sites is 1. The molecule has 3 aromatic rings. The van der Waals surface area contributed by atoms with E-state index in [4.69, 9.17) is 11.5 Å². The molecule has 0 bridgehead atoms. The highest BCUT2D eigenvalue weighted by molar-refractivity contribution is 5.93. The molecule has 0 aliphatic rings. The first-order valence-electron chi connectivity index (χ1n) is 12.9. The molecule has 0 spiro atoms. The number of aromatic amines is 1. The molecule has 11 heteroatoms. The van der Waals surface area contributed by atoms with Crippen molar-refractivity contribution in [3.8, 4) is 0 Å². The van der Waals surface area contributed by atoms with Crippen LogP contribution in [0.15, 0.2) is 60.8 Å². The summed E-state index contributed by atoms with van der Waals surface area (Å²) in [5, 5.41) is 17.9. The topological polar surface area (TPSA) is 192 Å². The average Bonchev–Trinajstić information content (AvgIpc) is 3.34. The number of carbonyl (C=O) groups is 4. The lowest BCUT2D eigenvalue weighted by Crippen LogP contribution is -2.54. The van der Waals surface area contributed by atoms with Crippen LogP contribution in [0, 0.1) is 0 Å². The van der Waals surface area contributed by atoms with Crippen molar-refractivity contribution in [1.29, 1.82) is 0 Å². The molecule has 3 atom stereocenters. The molecular formula is C28H36N6O5. The number of carboxylic acids is 1. The summed E-state index contributed by atoms with van der Waals surface area (Å²) in [6.45, 7) is -0.0231. The highest BCUT2D eigenvalue weighted by Crippen LogP contribution is 2.19. The van der Waals surface area contributed by atoms with E-state index in [1.165, 1.54) is 0 Å². The molecule has 0 saturated heterocycles. The van der Waals surface area contributed by atoms with Gasteiger partial charge in [-0.1, -0.05) is 48.5 Å². The summed E-state index contributed by atoms with van der Waals surface area (Å²) in [5.41, 5.74) is 14.2. The van der Waals surface area contributed by atoms with E-state index in [0.29, 0.717) is 19.4 Å². The number of hydrogen-bond acceptors (Lipinski definition) is 6. The van der Waals surface area contributed by atoms with Gasteiger partial charge in [0.25, 0.3) is 0 Å². The Hall–Kier alpha value is -4.22. The largest absolute Gasteiger partial charge is 0.480 e. The van der Waals surface area contributed by atoms with E-state index in [-0.39, 0.29) is 19.3 Å². The second-order valence-corrected chi connectivity index (χ2v) is 9.38. The molecule has 0 radical (unpaired) electrons. The van der Waals surface area contributed by atoms with E-state index in [1.807, 2.05) is 54.6 Å². The molecule has 0 unspecified atom stereocenters. The van der Waals surface area contributed by atoms with Crippen LogP contribution in [0.3, 0.4) is 0 Å². The Kier molecular flexibility index (Phi) is 11.0. The van der Waals surface area contributed by atoms with Crippen molar-refractivity contribution in [2.45, 2.75) is 50.2 Å². The second kappa shape index (κ2) is 14.6. The molecule has 2 aromatic carbocycles. The number of unbranched alkanes of at least 4 members (excludes halogenated alkanes) is 1. The van der Waals surface area contributed by atoms with Gasteiger partial charge in [0.1, 0.15) is 12.1 Å². The van der Waals surface area contributed by atoms with Crippen molar-refractivity contribution >= 4 is 34.6 Å². The molecule has 208 valence electrons. The van der Waals surface area contributed by atoms with Gasteiger partial charge in [0.2, 0.25) is 17.7 Å². The number of fused-ring (bicyclic) bond motifs is 1. The van der Waals surface area contributed by atoms with Gasteiger partial charge in [-0.25, -0.2) is 4.79 Å². The van der Waals surface area contributed by atoms with Crippen molar-refractivity contribution in [2.75, 3.05) is 13.1 Å². The van der Waals surface area contributed by atoms with E-state index >= 15 is 0 Å². The summed E-state index contributed by atoms with van der Waals surface area (Å²) < 4.78 is 0. The Bertz CT molecular complexity index is 1260. The fourth-order valence-electron chi connectivity index (χ4n) is 4.26. The van der Waals surface area contributed by atoms with Gasteiger partial charge < -0.3 is 37.5 Å². The molecule has 9 N–H and O–H groups in total. The highest BCUT2D eigenvalue weighted by Gasteiger charge is 2.26. The number of hydrogen-bond donors (Lipinski definition) is 7. The summed E-state index contributed by atoms with van der Waals surface area (Å²) in [6.07, 6.45) is 3.62. The number of aromatic nitrogens is 1. The van der Waals surface area contributed by atoms with Crippen LogP contribution in [-0.2, 0) is 32.0 Å². The van der Waals surface area contributed by atoms with Crippen LogP contribution in [0.2, 0.25) is 0 Å². The van der Waals surface area contributed by atoms with Crippen LogP contribution in [0.1, 0.15) is 30.4 Å². The molecule has 11 nitrogen and oxygen atoms in total. The normalized spacial score (nSPS) is 13.3. The Balaban J connectivity index is 1.67. The quantitative estimate of drug-likeness (QED) is 0.138. The fraction of sp³-hybridized carbons (Fsp3) is 0.357. The Morgan fingerprint density at radius 2 is 1.59 bits per heavy atom. The van der Waals surface area contributed by atoms with Gasteiger partial charge in [-0.2, -0.15) is 0 Å².